The van der Waals surface area contributed by atoms with Crippen LogP contribution in [0, 0.1) is 0 Å². The summed E-state index contributed by atoms with van der Waals surface area (Å²) in [6, 6.07) is 9.92. The van der Waals surface area contributed by atoms with Crippen LogP contribution in [0.5, 0.6) is 0 Å². The van der Waals surface area contributed by atoms with E-state index in [9.17, 15) is 19.2 Å². The predicted molar refractivity (Wildman–Crippen MR) is 166 cm³/mol. The number of carbonyl (C=O) groups excluding carboxylic acids is 4. The van der Waals surface area contributed by atoms with Crippen molar-refractivity contribution in [1.82, 2.24) is 19.8 Å². The van der Waals surface area contributed by atoms with Gasteiger partial charge < -0.3 is 39.0 Å². The third kappa shape index (κ3) is 9.40. The van der Waals surface area contributed by atoms with Crippen LogP contribution >= 0.6 is 11.6 Å². The molecule has 0 radical (unpaired) electrons. The molecule has 1 aromatic carbocycles. The summed E-state index contributed by atoms with van der Waals surface area (Å²) in [6.45, 7) is 7.43. The molecular weight excluding hydrogens is 606 g/mol. The molecule has 0 saturated carbocycles. The van der Waals surface area contributed by atoms with Crippen molar-refractivity contribution in [2.24, 2.45) is 0 Å². The van der Waals surface area contributed by atoms with Gasteiger partial charge in [0.1, 0.15) is 24.7 Å². The van der Waals surface area contributed by atoms with E-state index in [1.807, 2.05) is 0 Å². The van der Waals surface area contributed by atoms with Crippen LogP contribution in [-0.2, 0) is 30.3 Å². The Hall–Kier alpha value is -4.20. The van der Waals surface area contributed by atoms with Gasteiger partial charge in [0.2, 0.25) is 12.2 Å². The minimum absolute atomic E-state index is 0.00899. The van der Waals surface area contributed by atoms with Crippen LogP contribution in [0.1, 0.15) is 54.5 Å². The predicted octanol–water partition coefficient (Wildman–Crippen LogP) is 4.23. The van der Waals surface area contributed by atoms with Crippen LogP contribution in [0.3, 0.4) is 0 Å². The molecule has 1 saturated heterocycles. The van der Waals surface area contributed by atoms with Gasteiger partial charge in [0, 0.05) is 56.3 Å². The standard InChI is InChI=1S/C31H38ClN5O8/c1-19(2)36-11-9-24(10-12-36)34-29(39)26-16-22-15-21(30(40)44-20(3)45-31(41)43-14-13-42-4)5-7-25(22)37(26)18-28(38)35-27-8-6-23(32)17-33-27/h5-8,15-17,19-20,24H,9-14,18H2,1-4H3,(H,34,39)(H,33,35,38). The number of rotatable bonds is 12. The van der Waals surface area contributed by atoms with Gasteiger partial charge >= 0.3 is 12.1 Å². The average molecular weight is 644 g/mol. The number of carbonyl (C=O) groups is 4. The summed E-state index contributed by atoms with van der Waals surface area (Å²) in [5.74, 6) is -1.18. The van der Waals surface area contributed by atoms with Gasteiger partial charge in [0.25, 0.3) is 5.91 Å². The fourth-order valence-corrected chi connectivity index (χ4v) is 5.08. The number of nitrogens with zero attached hydrogens (tertiary/aromatic N) is 3. The molecule has 45 heavy (non-hydrogen) atoms. The summed E-state index contributed by atoms with van der Waals surface area (Å²) >= 11 is 5.90. The van der Waals surface area contributed by atoms with E-state index in [-0.39, 0.29) is 43.0 Å². The molecule has 0 spiro atoms. The van der Waals surface area contributed by atoms with Gasteiger partial charge in [-0.15, -0.1) is 0 Å². The second-order valence-corrected chi connectivity index (χ2v) is 11.3. The van der Waals surface area contributed by atoms with Crippen molar-refractivity contribution in [3.63, 3.8) is 0 Å². The summed E-state index contributed by atoms with van der Waals surface area (Å²) in [5.41, 5.74) is 0.971. The molecule has 1 aliphatic heterocycles. The Kier molecular flexibility index (Phi) is 11.7. The maximum Gasteiger partial charge on any atom is 0.511 e. The molecule has 3 aromatic rings. The number of hydrogen-bond acceptors (Lipinski definition) is 10. The number of pyridine rings is 1. The van der Waals surface area contributed by atoms with Crippen molar-refractivity contribution >= 4 is 52.3 Å². The Morgan fingerprint density at radius 1 is 1.02 bits per heavy atom. The van der Waals surface area contributed by atoms with Crippen molar-refractivity contribution < 1.29 is 38.1 Å². The zero-order valence-corrected chi connectivity index (χ0v) is 26.5. The molecule has 2 amide bonds. The fourth-order valence-electron chi connectivity index (χ4n) is 4.97. The van der Waals surface area contributed by atoms with Crippen LogP contribution < -0.4 is 10.6 Å². The van der Waals surface area contributed by atoms with Crippen molar-refractivity contribution in [3.05, 3.63) is 58.9 Å². The van der Waals surface area contributed by atoms with Gasteiger partial charge in [-0.2, -0.15) is 0 Å². The highest BCUT2D eigenvalue weighted by molar-refractivity contribution is 6.30. The van der Waals surface area contributed by atoms with E-state index in [0.717, 1.165) is 25.9 Å². The Labute approximate surface area is 266 Å². The molecule has 1 unspecified atom stereocenters. The maximum atomic E-state index is 13.6. The highest BCUT2D eigenvalue weighted by atomic mass is 35.5. The number of anilines is 1. The van der Waals surface area contributed by atoms with Crippen LogP contribution in [-0.4, -0.2) is 90.2 Å². The highest BCUT2D eigenvalue weighted by Crippen LogP contribution is 2.24. The number of piperidine rings is 1. The van der Waals surface area contributed by atoms with Crippen LogP contribution in [0.2, 0.25) is 5.02 Å². The Morgan fingerprint density at radius 3 is 2.44 bits per heavy atom. The van der Waals surface area contributed by atoms with E-state index in [0.29, 0.717) is 27.8 Å². The van der Waals surface area contributed by atoms with Crippen molar-refractivity contribution in [2.45, 2.75) is 58.5 Å². The summed E-state index contributed by atoms with van der Waals surface area (Å²) < 4.78 is 21.4. The quantitative estimate of drug-likeness (QED) is 0.167. The monoisotopic (exact) mass is 643 g/mol. The molecule has 1 atom stereocenters. The molecule has 14 heteroatoms. The Balaban J connectivity index is 1.52. The van der Waals surface area contributed by atoms with Gasteiger partial charge in [-0.1, -0.05) is 11.6 Å². The third-order valence-electron chi connectivity index (χ3n) is 7.30. The molecule has 13 nitrogen and oxygen atoms in total. The summed E-state index contributed by atoms with van der Waals surface area (Å²) in [4.78, 5) is 57.7. The molecule has 3 heterocycles. The first kappa shape index (κ1) is 33.7. The zero-order chi connectivity index (χ0) is 32.5. The van der Waals surface area contributed by atoms with E-state index in [4.69, 9.17) is 30.5 Å². The lowest BCUT2D eigenvalue weighted by Crippen LogP contribution is -2.47. The molecule has 242 valence electrons. The van der Waals surface area contributed by atoms with E-state index < -0.39 is 24.3 Å². The molecule has 0 bridgehead atoms. The summed E-state index contributed by atoms with van der Waals surface area (Å²) in [7, 11) is 1.46. The van der Waals surface area contributed by atoms with Gasteiger partial charge in [0.05, 0.1) is 17.2 Å². The Bertz CT molecular complexity index is 1500. The first-order chi connectivity index (χ1) is 21.5. The first-order valence-electron chi connectivity index (χ1n) is 14.7. The van der Waals surface area contributed by atoms with Gasteiger partial charge in [-0.25, -0.2) is 14.6 Å². The molecular formula is C31H38ClN5O8. The molecule has 2 N–H and O–H groups in total. The zero-order valence-electron chi connectivity index (χ0n) is 25.7. The maximum absolute atomic E-state index is 13.6. The number of fused-ring (bicyclic) bond motifs is 1. The molecule has 4 rings (SSSR count). The average Bonchev–Trinajstić information content (AvgIpc) is 3.36. The number of benzene rings is 1. The van der Waals surface area contributed by atoms with E-state index in [1.54, 1.807) is 34.9 Å². The fraction of sp³-hybridized carbons (Fsp3) is 0.452. The smallest absolute Gasteiger partial charge is 0.432 e. The summed E-state index contributed by atoms with van der Waals surface area (Å²) in [5, 5.41) is 6.81. The number of methoxy groups -OCH3 is 1. The lowest BCUT2D eigenvalue weighted by Gasteiger charge is -2.34. The van der Waals surface area contributed by atoms with Crippen molar-refractivity contribution in [3.8, 4) is 0 Å². The normalized spacial score (nSPS) is 14.6. The SMILES string of the molecule is COCCOC(=O)OC(C)OC(=O)c1ccc2c(c1)cc(C(=O)NC1CCN(C(C)C)CC1)n2CC(=O)Nc1ccc(Cl)cn1. The highest BCUT2D eigenvalue weighted by Gasteiger charge is 2.26. The van der Waals surface area contributed by atoms with E-state index >= 15 is 0 Å². The first-order valence-corrected chi connectivity index (χ1v) is 15.0. The molecule has 1 aliphatic rings. The third-order valence-corrected chi connectivity index (χ3v) is 7.53. The van der Waals surface area contributed by atoms with Crippen molar-refractivity contribution in [1.29, 1.82) is 0 Å². The van der Waals surface area contributed by atoms with Crippen LogP contribution in [0.25, 0.3) is 10.9 Å². The van der Waals surface area contributed by atoms with Crippen LogP contribution in [0.4, 0.5) is 10.6 Å². The minimum Gasteiger partial charge on any atom is -0.432 e. The number of hydrogen-bond donors (Lipinski definition) is 2. The largest absolute Gasteiger partial charge is 0.511 e. The van der Waals surface area contributed by atoms with Gasteiger partial charge in [-0.3, -0.25) is 9.59 Å². The lowest BCUT2D eigenvalue weighted by molar-refractivity contribution is -0.116. The van der Waals surface area contributed by atoms with Gasteiger partial charge in [0.15, 0.2) is 0 Å². The second kappa shape index (κ2) is 15.7. The number of ether oxygens (including phenoxy) is 4. The number of aromatic nitrogens is 2. The molecule has 1 fully saturated rings. The topological polar surface area (TPSA) is 150 Å². The van der Waals surface area contributed by atoms with Gasteiger partial charge in [-0.05, 0) is 63.1 Å². The van der Waals surface area contributed by atoms with E-state index in [2.05, 4.69) is 34.4 Å². The number of amides is 2. The Morgan fingerprint density at radius 2 is 1.78 bits per heavy atom. The molecule has 2 aromatic heterocycles. The molecule has 0 aliphatic carbocycles. The number of halogens is 1. The van der Waals surface area contributed by atoms with E-state index in [1.165, 1.54) is 26.3 Å². The number of nitrogens with one attached hydrogen (secondary N) is 2. The summed E-state index contributed by atoms with van der Waals surface area (Å²) in [6.07, 6.45) is 0.813. The second-order valence-electron chi connectivity index (χ2n) is 10.9. The minimum atomic E-state index is -1.22. The lowest BCUT2D eigenvalue weighted by atomic mass is 10.0. The number of likely N-dealkylation sites (tertiary alicyclic amines) is 1. The van der Waals surface area contributed by atoms with Crippen LogP contribution in [0.15, 0.2) is 42.6 Å². The van der Waals surface area contributed by atoms with Crippen molar-refractivity contribution in [2.75, 3.05) is 38.7 Å². The number of esters is 1.